The van der Waals surface area contributed by atoms with Crippen LogP contribution in [0, 0.1) is 0 Å². The van der Waals surface area contributed by atoms with Crippen LogP contribution in [0.4, 0.5) is 0 Å². The van der Waals surface area contributed by atoms with Crippen molar-refractivity contribution in [3.8, 4) is 0 Å². The first kappa shape index (κ1) is 11.1. The van der Waals surface area contributed by atoms with Gasteiger partial charge in [-0.3, -0.25) is 4.79 Å². The van der Waals surface area contributed by atoms with Gasteiger partial charge in [0.1, 0.15) is 6.29 Å². The lowest BCUT2D eigenvalue weighted by atomic mass is 10.2. The third-order valence-corrected chi connectivity index (χ3v) is 1.38. The minimum absolute atomic E-state index is 0.000970. The number of aldehydes is 1. The van der Waals surface area contributed by atoms with Crippen molar-refractivity contribution in [1.82, 2.24) is 5.32 Å². The summed E-state index contributed by atoms with van der Waals surface area (Å²) in [6.45, 7) is 0.973. The lowest BCUT2D eigenvalue weighted by Gasteiger charge is -2.09. The topological polar surface area (TPSA) is 92.4 Å². The van der Waals surface area contributed by atoms with Crippen LogP contribution in [-0.2, 0) is 9.59 Å². The van der Waals surface area contributed by atoms with Crippen LogP contribution in [0.2, 0.25) is 0 Å². The van der Waals surface area contributed by atoms with Crippen LogP contribution in [0.5, 0.6) is 0 Å². The summed E-state index contributed by atoms with van der Waals surface area (Å²) in [7, 11) is 0. The van der Waals surface area contributed by atoms with E-state index in [-0.39, 0.29) is 12.5 Å². The van der Waals surface area contributed by atoms with E-state index in [4.69, 9.17) is 10.8 Å². The summed E-state index contributed by atoms with van der Waals surface area (Å²) in [4.78, 5) is 20.5. The number of aliphatic carboxylic acids is 1. The quantitative estimate of drug-likeness (QED) is 0.429. The van der Waals surface area contributed by atoms with Crippen LogP contribution in [0.15, 0.2) is 0 Å². The Morgan fingerprint density at radius 1 is 1.67 bits per heavy atom. The molecule has 0 radical (unpaired) electrons. The summed E-state index contributed by atoms with van der Waals surface area (Å²) in [5.41, 5.74) is 5.19. The molecule has 4 N–H and O–H groups in total. The Bertz CT molecular complexity index is 150. The van der Waals surface area contributed by atoms with Gasteiger partial charge < -0.3 is 21.0 Å². The molecule has 0 heterocycles. The van der Waals surface area contributed by atoms with Crippen molar-refractivity contribution < 1.29 is 14.7 Å². The zero-order chi connectivity index (χ0) is 9.40. The Labute approximate surface area is 70.9 Å². The van der Waals surface area contributed by atoms with E-state index in [9.17, 15) is 9.59 Å². The van der Waals surface area contributed by atoms with Crippen molar-refractivity contribution in [1.29, 1.82) is 0 Å². The van der Waals surface area contributed by atoms with Crippen molar-refractivity contribution in [2.45, 2.75) is 18.9 Å². The van der Waals surface area contributed by atoms with Gasteiger partial charge in [-0.2, -0.15) is 0 Å². The van der Waals surface area contributed by atoms with E-state index < -0.39 is 5.97 Å². The summed E-state index contributed by atoms with van der Waals surface area (Å²) >= 11 is 0. The molecule has 0 bridgehead atoms. The smallest absolute Gasteiger partial charge is 0.303 e. The molecule has 5 nitrogen and oxygen atoms in total. The number of hydrogen-bond donors (Lipinski definition) is 3. The Morgan fingerprint density at radius 3 is 2.75 bits per heavy atom. The number of nitrogens with one attached hydrogen (secondary N) is 1. The SMILES string of the molecule is NCCN[C@H](C=O)CCC(=O)O. The number of rotatable bonds is 7. The fraction of sp³-hybridized carbons (Fsp3) is 0.714. The molecule has 0 aromatic carbocycles. The summed E-state index contributed by atoms with van der Waals surface area (Å²) in [6.07, 6.45) is 1.03. The zero-order valence-electron chi connectivity index (χ0n) is 6.82. The molecule has 0 aliphatic carbocycles. The third-order valence-electron chi connectivity index (χ3n) is 1.38. The van der Waals surface area contributed by atoms with Gasteiger partial charge in [0.25, 0.3) is 0 Å². The molecular formula is C7H14N2O3. The van der Waals surface area contributed by atoms with Gasteiger partial charge in [-0.1, -0.05) is 0 Å². The number of carbonyl (C=O) groups excluding carboxylic acids is 1. The average molecular weight is 174 g/mol. The second kappa shape index (κ2) is 6.75. The van der Waals surface area contributed by atoms with Gasteiger partial charge in [0.15, 0.2) is 0 Å². The molecule has 12 heavy (non-hydrogen) atoms. The third kappa shape index (κ3) is 5.82. The number of carbonyl (C=O) groups is 2. The first-order valence-electron chi connectivity index (χ1n) is 3.81. The highest BCUT2D eigenvalue weighted by atomic mass is 16.4. The van der Waals surface area contributed by atoms with Gasteiger partial charge in [-0.25, -0.2) is 0 Å². The Morgan fingerprint density at radius 2 is 2.33 bits per heavy atom. The maximum Gasteiger partial charge on any atom is 0.303 e. The second-order valence-electron chi connectivity index (χ2n) is 2.42. The zero-order valence-corrected chi connectivity index (χ0v) is 6.82. The molecule has 0 amide bonds. The van der Waals surface area contributed by atoms with Gasteiger partial charge in [-0.15, -0.1) is 0 Å². The van der Waals surface area contributed by atoms with Crippen LogP contribution >= 0.6 is 0 Å². The molecule has 0 aliphatic rings. The molecule has 0 unspecified atom stereocenters. The van der Waals surface area contributed by atoms with Gasteiger partial charge in [0.2, 0.25) is 0 Å². The lowest BCUT2D eigenvalue weighted by Crippen LogP contribution is -2.34. The summed E-state index contributed by atoms with van der Waals surface area (Å²) < 4.78 is 0. The van der Waals surface area contributed by atoms with Crippen molar-refractivity contribution >= 4 is 12.3 Å². The fourth-order valence-electron chi connectivity index (χ4n) is 0.766. The van der Waals surface area contributed by atoms with E-state index in [1.807, 2.05) is 0 Å². The van der Waals surface area contributed by atoms with Crippen LogP contribution in [-0.4, -0.2) is 36.5 Å². The summed E-state index contributed by atoms with van der Waals surface area (Å²) in [5, 5.41) is 11.1. The maximum absolute atomic E-state index is 10.3. The molecule has 0 aromatic rings. The summed E-state index contributed by atoms with van der Waals surface area (Å²) in [5.74, 6) is -0.892. The molecule has 0 saturated carbocycles. The van der Waals surface area contributed by atoms with E-state index in [1.165, 1.54) is 0 Å². The highest BCUT2D eigenvalue weighted by molar-refractivity contribution is 5.68. The van der Waals surface area contributed by atoms with E-state index in [0.29, 0.717) is 25.8 Å². The molecule has 5 heteroatoms. The Balaban J connectivity index is 3.52. The van der Waals surface area contributed by atoms with E-state index in [0.717, 1.165) is 0 Å². The minimum atomic E-state index is -0.892. The molecule has 0 spiro atoms. The Kier molecular flexibility index (Phi) is 6.22. The predicted octanol–water partition coefficient (Wildman–Crippen LogP) is -1.03. The normalized spacial score (nSPS) is 12.4. The first-order valence-corrected chi connectivity index (χ1v) is 3.81. The van der Waals surface area contributed by atoms with Crippen LogP contribution in [0.25, 0.3) is 0 Å². The van der Waals surface area contributed by atoms with Crippen LogP contribution < -0.4 is 11.1 Å². The molecule has 1 atom stereocenters. The van der Waals surface area contributed by atoms with E-state index >= 15 is 0 Å². The van der Waals surface area contributed by atoms with Gasteiger partial charge in [0.05, 0.1) is 6.04 Å². The maximum atomic E-state index is 10.3. The van der Waals surface area contributed by atoms with Crippen molar-refractivity contribution in [2.75, 3.05) is 13.1 Å². The Hall–Kier alpha value is -0.940. The molecule has 70 valence electrons. The molecular weight excluding hydrogens is 160 g/mol. The number of carboxylic acid groups (broad SMARTS) is 1. The average Bonchev–Trinajstić information content (AvgIpc) is 2.05. The largest absolute Gasteiger partial charge is 0.481 e. The van der Waals surface area contributed by atoms with Crippen molar-refractivity contribution in [3.63, 3.8) is 0 Å². The fourth-order valence-corrected chi connectivity index (χ4v) is 0.766. The highest BCUT2D eigenvalue weighted by Crippen LogP contribution is 1.93. The number of carboxylic acids is 1. The standard InChI is InChI=1S/C7H14N2O3/c8-3-4-9-6(5-10)1-2-7(11)12/h5-6,9H,1-4,8H2,(H,11,12)/t6-/m0/s1. The van der Waals surface area contributed by atoms with E-state index in [2.05, 4.69) is 5.32 Å². The van der Waals surface area contributed by atoms with Gasteiger partial charge in [-0.05, 0) is 6.42 Å². The second-order valence-corrected chi connectivity index (χ2v) is 2.42. The molecule has 0 saturated heterocycles. The summed E-state index contributed by atoms with van der Waals surface area (Å²) in [6, 6.07) is -0.385. The molecule has 0 fully saturated rings. The van der Waals surface area contributed by atoms with Crippen LogP contribution in [0.3, 0.4) is 0 Å². The minimum Gasteiger partial charge on any atom is -0.481 e. The molecule has 0 rings (SSSR count). The van der Waals surface area contributed by atoms with Crippen molar-refractivity contribution in [3.05, 3.63) is 0 Å². The van der Waals surface area contributed by atoms with Gasteiger partial charge in [0, 0.05) is 19.5 Å². The van der Waals surface area contributed by atoms with E-state index in [1.54, 1.807) is 0 Å². The predicted molar refractivity (Wildman–Crippen MR) is 43.8 cm³/mol. The number of hydrogen-bond acceptors (Lipinski definition) is 4. The number of nitrogens with two attached hydrogens (primary N) is 1. The highest BCUT2D eigenvalue weighted by Gasteiger charge is 2.07. The van der Waals surface area contributed by atoms with Crippen LogP contribution in [0.1, 0.15) is 12.8 Å². The molecule has 0 aliphatic heterocycles. The van der Waals surface area contributed by atoms with Gasteiger partial charge >= 0.3 is 5.97 Å². The monoisotopic (exact) mass is 174 g/mol. The van der Waals surface area contributed by atoms with Crippen molar-refractivity contribution in [2.24, 2.45) is 5.73 Å². The lowest BCUT2D eigenvalue weighted by molar-refractivity contribution is -0.137. The first-order chi connectivity index (χ1) is 5.70. The molecule has 0 aromatic heterocycles.